The minimum absolute atomic E-state index is 0.143. The number of aryl methyl sites for hydroxylation is 1. The number of amides is 2. The Morgan fingerprint density at radius 1 is 1.29 bits per heavy atom. The molecule has 3 N–H and O–H groups in total. The molecule has 28 heavy (non-hydrogen) atoms. The zero-order valence-corrected chi connectivity index (χ0v) is 16.7. The SMILES string of the molecule is Cn1cccc1C=C1SC(=S)N(CC(=O)NCCc2ccc(O)c(O)c2)C1=O. The second-order valence-corrected chi connectivity index (χ2v) is 7.91. The molecule has 146 valence electrons. The highest BCUT2D eigenvalue weighted by molar-refractivity contribution is 8.26. The third-order valence-corrected chi connectivity index (χ3v) is 5.59. The van der Waals surface area contributed by atoms with Gasteiger partial charge in [-0.25, -0.2) is 0 Å². The third kappa shape index (κ3) is 4.55. The van der Waals surface area contributed by atoms with Crippen molar-refractivity contribution >= 4 is 46.2 Å². The second-order valence-electron chi connectivity index (χ2n) is 6.23. The van der Waals surface area contributed by atoms with Crippen LogP contribution in [0.4, 0.5) is 0 Å². The summed E-state index contributed by atoms with van der Waals surface area (Å²) in [6, 6.07) is 8.27. The van der Waals surface area contributed by atoms with Gasteiger partial charge in [-0.05, 0) is 42.3 Å². The molecular weight excluding hydrogens is 398 g/mol. The molecule has 1 aromatic heterocycles. The fourth-order valence-electron chi connectivity index (χ4n) is 2.67. The van der Waals surface area contributed by atoms with Gasteiger partial charge < -0.3 is 20.1 Å². The highest BCUT2D eigenvalue weighted by atomic mass is 32.2. The third-order valence-electron chi connectivity index (χ3n) is 4.21. The smallest absolute Gasteiger partial charge is 0.266 e. The summed E-state index contributed by atoms with van der Waals surface area (Å²) in [6.45, 7) is 0.188. The van der Waals surface area contributed by atoms with Crippen LogP contribution >= 0.6 is 24.0 Å². The van der Waals surface area contributed by atoms with Crippen LogP contribution in [0.25, 0.3) is 6.08 Å². The molecule has 1 aromatic carbocycles. The van der Waals surface area contributed by atoms with Crippen LogP contribution < -0.4 is 5.32 Å². The number of carbonyl (C=O) groups excluding carboxylic acids is 2. The Hall–Kier alpha value is -2.78. The molecule has 0 atom stereocenters. The first-order valence-electron chi connectivity index (χ1n) is 8.49. The quantitative estimate of drug-likeness (QED) is 0.378. The fraction of sp³-hybridized carbons (Fsp3) is 0.211. The Morgan fingerprint density at radius 2 is 2.07 bits per heavy atom. The molecule has 0 saturated carbocycles. The second kappa shape index (κ2) is 8.49. The van der Waals surface area contributed by atoms with Crippen LogP contribution in [0.1, 0.15) is 11.3 Å². The molecule has 9 heteroatoms. The largest absolute Gasteiger partial charge is 0.504 e. The van der Waals surface area contributed by atoms with Crippen molar-refractivity contribution in [1.29, 1.82) is 0 Å². The van der Waals surface area contributed by atoms with Crippen LogP contribution in [0, 0.1) is 0 Å². The van der Waals surface area contributed by atoms with E-state index < -0.39 is 0 Å². The van der Waals surface area contributed by atoms with E-state index in [1.165, 1.54) is 28.8 Å². The lowest BCUT2D eigenvalue weighted by atomic mass is 10.1. The van der Waals surface area contributed by atoms with Gasteiger partial charge in [0.15, 0.2) is 11.5 Å². The zero-order valence-electron chi connectivity index (χ0n) is 15.1. The lowest BCUT2D eigenvalue weighted by Gasteiger charge is -2.14. The molecular formula is C19H19N3O4S2. The van der Waals surface area contributed by atoms with Crippen molar-refractivity contribution in [2.45, 2.75) is 6.42 Å². The number of phenols is 2. The van der Waals surface area contributed by atoms with Gasteiger partial charge in [0.1, 0.15) is 10.9 Å². The summed E-state index contributed by atoms with van der Waals surface area (Å²) in [5.74, 6) is -0.994. The van der Waals surface area contributed by atoms with E-state index in [2.05, 4.69) is 5.32 Å². The van der Waals surface area contributed by atoms with Crippen LogP contribution in [0.15, 0.2) is 41.4 Å². The number of carbonyl (C=O) groups is 2. The summed E-state index contributed by atoms with van der Waals surface area (Å²) in [5, 5.41) is 21.5. The number of nitrogens with one attached hydrogen (secondary N) is 1. The van der Waals surface area contributed by atoms with E-state index in [1.807, 2.05) is 29.9 Å². The topological polar surface area (TPSA) is 94.8 Å². The number of thiocarbonyl (C=S) groups is 1. The Balaban J connectivity index is 1.54. The van der Waals surface area contributed by atoms with Gasteiger partial charge in [0, 0.05) is 25.5 Å². The number of benzene rings is 1. The monoisotopic (exact) mass is 417 g/mol. The average molecular weight is 418 g/mol. The Kier molecular flexibility index (Phi) is 6.05. The number of phenolic OH excluding ortho intramolecular Hbond substituents is 2. The van der Waals surface area contributed by atoms with Crippen molar-refractivity contribution in [3.05, 3.63) is 52.7 Å². The van der Waals surface area contributed by atoms with Gasteiger partial charge in [-0.15, -0.1) is 0 Å². The van der Waals surface area contributed by atoms with Crippen molar-refractivity contribution in [3.63, 3.8) is 0 Å². The first-order chi connectivity index (χ1) is 13.3. The van der Waals surface area contributed by atoms with E-state index in [1.54, 1.807) is 12.1 Å². The van der Waals surface area contributed by atoms with E-state index in [9.17, 15) is 19.8 Å². The van der Waals surface area contributed by atoms with Crippen molar-refractivity contribution in [2.75, 3.05) is 13.1 Å². The van der Waals surface area contributed by atoms with Crippen molar-refractivity contribution in [3.8, 4) is 11.5 Å². The molecule has 1 aliphatic heterocycles. The number of hydrogen-bond donors (Lipinski definition) is 3. The molecule has 0 aliphatic carbocycles. The molecule has 0 radical (unpaired) electrons. The lowest BCUT2D eigenvalue weighted by molar-refractivity contribution is -0.128. The van der Waals surface area contributed by atoms with Crippen LogP contribution in [-0.2, 0) is 23.1 Å². The summed E-state index contributed by atoms with van der Waals surface area (Å²) >= 11 is 6.42. The Bertz CT molecular complexity index is 968. The van der Waals surface area contributed by atoms with Gasteiger partial charge in [-0.2, -0.15) is 0 Å². The van der Waals surface area contributed by atoms with Crippen LogP contribution in [0.5, 0.6) is 11.5 Å². The van der Waals surface area contributed by atoms with Gasteiger partial charge in [-0.3, -0.25) is 14.5 Å². The lowest BCUT2D eigenvalue weighted by Crippen LogP contribution is -2.40. The van der Waals surface area contributed by atoms with Crippen LogP contribution in [-0.4, -0.2) is 48.9 Å². The number of hydrogen-bond acceptors (Lipinski definition) is 6. The molecule has 0 bridgehead atoms. The maximum Gasteiger partial charge on any atom is 0.266 e. The van der Waals surface area contributed by atoms with Crippen LogP contribution in [0.3, 0.4) is 0 Å². The van der Waals surface area contributed by atoms with E-state index >= 15 is 0 Å². The van der Waals surface area contributed by atoms with Gasteiger partial charge in [-0.1, -0.05) is 30.0 Å². The maximum atomic E-state index is 12.6. The van der Waals surface area contributed by atoms with Crippen molar-refractivity contribution in [2.24, 2.45) is 7.05 Å². The van der Waals surface area contributed by atoms with Crippen molar-refractivity contribution in [1.82, 2.24) is 14.8 Å². The minimum atomic E-state index is -0.320. The first-order valence-corrected chi connectivity index (χ1v) is 9.72. The highest BCUT2D eigenvalue weighted by Gasteiger charge is 2.33. The average Bonchev–Trinajstić information content (AvgIpc) is 3.16. The van der Waals surface area contributed by atoms with Gasteiger partial charge >= 0.3 is 0 Å². The standard InChI is InChI=1S/C19H19N3O4S2/c1-21-8-2-3-13(21)10-16-18(26)22(19(27)28-16)11-17(25)20-7-6-12-4-5-14(23)15(24)9-12/h2-5,8-10,23-24H,6-7,11H2,1H3,(H,20,25). The van der Waals surface area contributed by atoms with Crippen LogP contribution in [0.2, 0.25) is 0 Å². The Morgan fingerprint density at radius 3 is 2.75 bits per heavy atom. The van der Waals surface area contributed by atoms with E-state index in [0.717, 1.165) is 11.3 Å². The molecule has 1 saturated heterocycles. The summed E-state index contributed by atoms with van der Waals surface area (Å²) in [4.78, 5) is 26.5. The normalized spacial score (nSPS) is 15.5. The number of aromatic hydroxyl groups is 2. The van der Waals surface area contributed by atoms with Gasteiger partial charge in [0.2, 0.25) is 5.91 Å². The molecule has 0 spiro atoms. The molecule has 2 aromatic rings. The fourth-order valence-corrected chi connectivity index (χ4v) is 3.90. The summed E-state index contributed by atoms with van der Waals surface area (Å²) in [5.41, 5.74) is 1.65. The molecule has 2 heterocycles. The maximum absolute atomic E-state index is 12.6. The summed E-state index contributed by atoms with van der Waals surface area (Å²) in [7, 11) is 1.88. The summed E-state index contributed by atoms with van der Waals surface area (Å²) < 4.78 is 2.24. The molecule has 0 unspecified atom stereocenters. The van der Waals surface area contributed by atoms with E-state index in [4.69, 9.17) is 12.2 Å². The predicted molar refractivity (Wildman–Crippen MR) is 112 cm³/mol. The van der Waals surface area contributed by atoms with Gasteiger partial charge in [0.05, 0.1) is 4.91 Å². The van der Waals surface area contributed by atoms with E-state index in [0.29, 0.717) is 22.2 Å². The molecule has 3 rings (SSSR count). The number of thioether (sulfide) groups is 1. The molecule has 2 amide bonds. The zero-order chi connectivity index (χ0) is 20.3. The van der Waals surface area contributed by atoms with E-state index in [-0.39, 0.29) is 29.9 Å². The number of nitrogens with zero attached hydrogens (tertiary/aromatic N) is 2. The van der Waals surface area contributed by atoms with Gasteiger partial charge in [0.25, 0.3) is 5.91 Å². The molecule has 1 fully saturated rings. The first kappa shape index (κ1) is 20.0. The minimum Gasteiger partial charge on any atom is -0.504 e. The van der Waals surface area contributed by atoms with Crippen molar-refractivity contribution < 1.29 is 19.8 Å². The number of rotatable bonds is 6. The highest BCUT2D eigenvalue weighted by Crippen LogP contribution is 2.32. The molecule has 7 nitrogen and oxygen atoms in total. The predicted octanol–water partition coefficient (Wildman–Crippen LogP) is 2.00. The number of aromatic nitrogens is 1. The molecule has 1 aliphatic rings. The summed E-state index contributed by atoms with van der Waals surface area (Å²) in [6.07, 6.45) is 4.12. The Labute approximate surface area is 171 Å².